The van der Waals surface area contributed by atoms with Gasteiger partial charge in [-0.05, 0) is 49.1 Å². The third-order valence-corrected chi connectivity index (χ3v) is 5.76. The van der Waals surface area contributed by atoms with E-state index in [0.717, 1.165) is 29.9 Å². The van der Waals surface area contributed by atoms with E-state index in [1.165, 1.54) is 22.3 Å². The molecule has 0 atom stereocenters. The summed E-state index contributed by atoms with van der Waals surface area (Å²) in [5.74, 6) is 0.578. The molecule has 4 rings (SSSR count). The zero-order chi connectivity index (χ0) is 23.2. The van der Waals surface area contributed by atoms with E-state index in [2.05, 4.69) is 103 Å². The predicted molar refractivity (Wildman–Crippen MR) is 137 cm³/mol. The zero-order valence-corrected chi connectivity index (χ0v) is 19.5. The summed E-state index contributed by atoms with van der Waals surface area (Å²) in [5, 5.41) is 3.35. The molecule has 168 valence electrons. The fourth-order valence-corrected chi connectivity index (χ4v) is 3.85. The smallest absolute Gasteiger partial charge is 0.223 e. The Hall–Kier alpha value is -3.86. The molecular formula is C28H31N5. The summed E-state index contributed by atoms with van der Waals surface area (Å²) in [7, 11) is 0. The lowest BCUT2D eigenvalue weighted by molar-refractivity contribution is 0.579. The molecule has 5 heteroatoms. The highest BCUT2D eigenvalue weighted by atomic mass is 15.2. The molecule has 0 amide bonds. The van der Waals surface area contributed by atoms with Crippen molar-refractivity contribution in [1.29, 1.82) is 0 Å². The van der Waals surface area contributed by atoms with Gasteiger partial charge in [0.1, 0.15) is 0 Å². The van der Waals surface area contributed by atoms with Crippen LogP contribution in [0.1, 0.15) is 41.3 Å². The lowest BCUT2D eigenvalue weighted by Crippen LogP contribution is -2.22. The van der Waals surface area contributed by atoms with Crippen molar-refractivity contribution in [2.45, 2.75) is 33.7 Å². The summed E-state index contributed by atoms with van der Waals surface area (Å²) in [6.45, 7) is 7.74. The second-order valence-electron chi connectivity index (χ2n) is 8.34. The number of nitrogens with zero attached hydrogens (tertiary/aromatic N) is 3. The van der Waals surface area contributed by atoms with Crippen LogP contribution in [0.3, 0.4) is 0 Å². The number of benzene rings is 2. The highest BCUT2D eigenvalue weighted by Crippen LogP contribution is 2.28. The normalized spacial score (nSPS) is 14.0. The second kappa shape index (κ2) is 10.2. The molecule has 2 aromatic carbocycles. The van der Waals surface area contributed by atoms with Crippen molar-refractivity contribution in [1.82, 2.24) is 14.9 Å². The van der Waals surface area contributed by atoms with Gasteiger partial charge in [0.25, 0.3) is 0 Å². The SMILES string of the molecule is CCC1=CCN(/C(=C(\N)c2ccc(C)cc2)c2ccnc(NCc3cccc(C)c3)n2)C=C1. The highest BCUT2D eigenvalue weighted by molar-refractivity contribution is 5.88. The first-order valence-corrected chi connectivity index (χ1v) is 11.4. The Morgan fingerprint density at radius 2 is 1.88 bits per heavy atom. The van der Waals surface area contributed by atoms with Crippen molar-refractivity contribution < 1.29 is 0 Å². The van der Waals surface area contributed by atoms with Crippen LogP contribution in [0, 0.1) is 13.8 Å². The van der Waals surface area contributed by atoms with Crippen LogP contribution >= 0.6 is 0 Å². The van der Waals surface area contributed by atoms with Gasteiger partial charge in [0.2, 0.25) is 5.95 Å². The number of rotatable bonds is 7. The first kappa shape index (κ1) is 22.3. The number of aryl methyl sites for hydroxylation is 2. The number of nitrogens with two attached hydrogens (primary N) is 1. The molecule has 0 saturated heterocycles. The quantitative estimate of drug-likeness (QED) is 0.499. The summed E-state index contributed by atoms with van der Waals surface area (Å²) >= 11 is 0. The van der Waals surface area contributed by atoms with E-state index in [-0.39, 0.29) is 0 Å². The second-order valence-corrected chi connectivity index (χ2v) is 8.34. The maximum absolute atomic E-state index is 6.75. The third-order valence-electron chi connectivity index (χ3n) is 5.76. The number of hydrogen-bond acceptors (Lipinski definition) is 5. The molecule has 1 aromatic heterocycles. The van der Waals surface area contributed by atoms with Crippen LogP contribution in [0.15, 0.2) is 84.7 Å². The predicted octanol–water partition coefficient (Wildman–Crippen LogP) is 5.66. The molecule has 33 heavy (non-hydrogen) atoms. The molecule has 5 nitrogen and oxygen atoms in total. The molecule has 0 aliphatic carbocycles. The molecule has 3 aromatic rings. The molecule has 0 radical (unpaired) electrons. The molecule has 0 fully saturated rings. The summed E-state index contributed by atoms with van der Waals surface area (Å²) in [5.41, 5.74) is 15.0. The maximum Gasteiger partial charge on any atom is 0.223 e. The largest absolute Gasteiger partial charge is 0.396 e. The lowest BCUT2D eigenvalue weighted by atomic mass is 10.0. The van der Waals surface area contributed by atoms with Gasteiger partial charge in [-0.25, -0.2) is 9.97 Å². The van der Waals surface area contributed by atoms with Crippen LogP contribution in [0.25, 0.3) is 11.4 Å². The number of anilines is 1. The van der Waals surface area contributed by atoms with E-state index < -0.39 is 0 Å². The Balaban J connectivity index is 1.68. The first-order chi connectivity index (χ1) is 16.0. The van der Waals surface area contributed by atoms with Gasteiger partial charge < -0.3 is 16.0 Å². The van der Waals surface area contributed by atoms with Crippen LogP contribution < -0.4 is 11.1 Å². The lowest BCUT2D eigenvalue weighted by Gasteiger charge is -2.27. The van der Waals surface area contributed by atoms with Gasteiger partial charge in [-0.15, -0.1) is 0 Å². The van der Waals surface area contributed by atoms with Crippen molar-refractivity contribution in [3.63, 3.8) is 0 Å². The number of aromatic nitrogens is 2. The fraction of sp³-hybridized carbons (Fsp3) is 0.214. The van der Waals surface area contributed by atoms with Gasteiger partial charge in [0.15, 0.2) is 0 Å². The van der Waals surface area contributed by atoms with Crippen LogP contribution in [-0.4, -0.2) is 21.4 Å². The van der Waals surface area contributed by atoms with Gasteiger partial charge in [0, 0.05) is 25.5 Å². The molecule has 1 aliphatic heterocycles. The minimum Gasteiger partial charge on any atom is -0.396 e. The van der Waals surface area contributed by atoms with Crippen molar-refractivity contribution in [3.05, 3.63) is 113 Å². The minimum absolute atomic E-state index is 0.578. The average molecular weight is 438 g/mol. The molecule has 0 unspecified atom stereocenters. The van der Waals surface area contributed by atoms with Gasteiger partial charge in [-0.2, -0.15) is 0 Å². The topological polar surface area (TPSA) is 67.1 Å². The molecule has 0 saturated carbocycles. The van der Waals surface area contributed by atoms with Crippen LogP contribution in [0.4, 0.5) is 5.95 Å². The Labute approximate surface area is 196 Å². The maximum atomic E-state index is 6.75. The standard InChI is InChI=1S/C28H31N5/c1-4-22-13-16-33(17-14-22)27(26(29)24-10-8-20(2)9-11-24)25-12-15-30-28(32-25)31-19-23-7-5-6-21(3)18-23/h5-16,18H,4,17,19,29H2,1-3H3,(H,30,31,32)/b27-26-. The van der Waals surface area contributed by atoms with Crippen LogP contribution in [0.2, 0.25) is 0 Å². The first-order valence-electron chi connectivity index (χ1n) is 11.4. The van der Waals surface area contributed by atoms with E-state index in [0.29, 0.717) is 18.2 Å². The van der Waals surface area contributed by atoms with Crippen molar-refractivity contribution in [3.8, 4) is 0 Å². The van der Waals surface area contributed by atoms with E-state index in [1.54, 1.807) is 6.20 Å². The Morgan fingerprint density at radius 3 is 2.58 bits per heavy atom. The Bertz CT molecular complexity index is 1200. The van der Waals surface area contributed by atoms with Gasteiger partial charge in [0.05, 0.1) is 17.1 Å². The molecule has 0 spiro atoms. The molecule has 3 N–H and O–H groups in total. The van der Waals surface area contributed by atoms with Crippen LogP contribution in [-0.2, 0) is 6.54 Å². The van der Waals surface area contributed by atoms with E-state index in [4.69, 9.17) is 10.7 Å². The zero-order valence-electron chi connectivity index (χ0n) is 19.5. The molecule has 1 aliphatic rings. The number of hydrogen-bond donors (Lipinski definition) is 2. The highest BCUT2D eigenvalue weighted by Gasteiger charge is 2.18. The van der Waals surface area contributed by atoms with E-state index in [9.17, 15) is 0 Å². The van der Waals surface area contributed by atoms with Crippen molar-refractivity contribution >= 4 is 17.3 Å². The minimum atomic E-state index is 0.578. The summed E-state index contributed by atoms with van der Waals surface area (Å²) in [4.78, 5) is 11.4. The van der Waals surface area contributed by atoms with E-state index in [1.807, 2.05) is 6.07 Å². The summed E-state index contributed by atoms with van der Waals surface area (Å²) in [6, 6.07) is 18.6. The number of nitrogens with one attached hydrogen (secondary N) is 1. The Kier molecular flexibility index (Phi) is 6.89. The van der Waals surface area contributed by atoms with Crippen LogP contribution in [0.5, 0.6) is 0 Å². The molecule has 2 heterocycles. The number of allylic oxidation sites excluding steroid dienone is 2. The van der Waals surface area contributed by atoms with Crippen molar-refractivity contribution in [2.24, 2.45) is 5.73 Å². The molecular weight excluding hydrogens is 406 g/mol. The monoisotopic (exact) mass is 437 g/mol. The van der Waals surface area contributed by atoms with Gasteiger partial charge in [-0.1, -0.05) is 72.7 Å². The Morgan fingerprint density at radius 1 is 1.06 bits per heavy atom. The molecule has 0 bridgehead atoms. The summed E-state index contributed by atoms with van der Waals surface area (Å²) < 4.78 is 0. The van der Waals surface area contributed by atoms with Crippen molar-refractivity contribution in [2.75, 3.05) is 11.9 Å². The van der Waals surface area contributed by atoms with E-state index >= 15 is 0 Å². The third kappa shape index (κ3) is 5.50. The van der Waals surface area contributed by atoms with Gasteiger partial charge >= 0.3 is 0 Å². The average Bonchev–Trinajstić information content (AvgIpc) is 2.84. The fourth-order valence-electron chi connectivity index (χ4n) is 3.85. The summed E-state index contributed by atoms with van der Waals surface area (Å²) in [6.07, 6.45) is 9.27. The van der Waals surface area contributed by atoms with Gasteiger partial charge in [-0.3, -0.25) is 0 Å².